The Hall–Kier alpha value is -2.51. The number of hydrogen-bond acceptors (Lipinski definition) is 6. The van der Waals surface area contributed by atoms with Gasteiger partial charge in [0.15, 0.2) is 5.03 Å². The zero-order valence-corrected chi connectivity index (χ0v) is 17.0. The number of hydrogen-bond donors (Lipinski definition) is 0. The van der Waals surface area contributed by atoms with Gasteiger partial charge >= 0.3 is 0 Å². The van der Waals surface area contributed by atoms with Crippen LogP contribution in [0.15, 0.2) is 52.4 Å². The summed E-state index contributed by atoms with van der Waals surface area (Å²) in [4.78, 5) is 11.7. The Kier molecular flexibility index (Phi) is 4.72. The third-order valence-electron chi connectivity index (χ3n) is 5.71. The zero-order chi connectivity index (χ0) is 19.8. The molecule has 0 radical (unpaired) electrons. The number of aromatic nitrogens is 2. The molecule has 2 aliphatic rings. The maximum atomic E-state index is 13.7. The maximum Gasteiger partial charge on any atom is 0.226 e. The molecule has 1 saturated heterocycles. The Morgan fingerprint density at radius 1 is 0.897 bits per heavy atom. The van der Waals surface area contributed by atoms with E-state index in [0.29, 0.717) is 38.7 Å². The van der Waals surface area contributed by atoms with Gasteiger partial charge in [-0.3, -0.25) is 0 Å². The predicted molar refractivity (Wildman–Crippen MR) is 111 cm³/mol. The fourth-order valence-corrected chi connectivity index (χ4v) is 5.62. The second-order valence-corrected chi connectivity index (χ2v) is 9.44. The van der Waals surface area contributed by atoms with Crippen molar-refractivity contribution in [2.24, 2.45) is 0 Å². The zero-order valence-electron chi connectivity index (χ0n) is 16.2. The average molecular weight is 410 g/mol. The van der Waals surface area contributed by atoms with Gasteiger partial charge in [-0.2, -0.15) is 0 Å². The molecule has 2 heterocycles. The van der Waals surface area contributed by atoms with E-state index in [1.807, 2.05) is 35.2 Å². The Morgan fingerprint density at radius 3 is 2.48 bits per heavy atom. The molecule has 1 aromatic heterocycles. The Morgan fingerprint density at radius 2 is 1.66 bits per heavy atom. The third-order valence-corrected chi connectivity index (χ3v) is 7.43. The third kappa shape index (κ3) is 3.38. The number of benzene rings is 2. The highest BCUT2D eigenvalue weighted by atomic mass is 32.2. The van der Waals surface area contributed by atoms with Crippen LogP contribution in [-0.2, 0) is 27.4 Å². The predicted octanol–water partition coefficient (Wildman–Crippen LogP) is 3.18. The van der Waals surface area contributed by atoms with Crippen LogP contribution in [0.5, 0.6) is 0 Å². The summed E-state index contributed by atoms with van der Waals surface area (Å²) in [5.74, 6) is 0.508. The smallest absolute Gasteiger partial charge is 0.226 e. The minimum absolute atomic E-state index is 0.180. The summed E-state index contributed by atoms with van der Waals surface area (Å²) in [5, 5.41) is 2.11. The van der Waals surface area contributed by atoms with Gasteiger partial charge in [0, 0.05) is 18.7 Å². The number of rotatable bonds is 3. The van der Waals surface area contributed by atoms with E-state index >= 15 is 0 Å². The van der Waals surface area contributed by atoms with Crippen LogP contribution in [0.25, 0.3) is 10.8 Å². The molecule has 1 aliphatic heterocycles. The van der Waals surface area contributed by atoms with Crippen LogP contribution < -0.4 is 4.90 Å². The Bertz CT molecular complexity index is 1170. The highest BCUT2D eigenvalue weighted by molar-refractivity contribution is 7.91. The van der Waals surface area contributed by atoms with Gasteiger partial charge in [0.05, 0.1) is 23.8 Å². The minimum atomic E-state index is -3.74. The molecule has 7 heteroatoms. The van der Waals surface area contributed by atoms with E-state index in [-0.39, 0.29) is 9.92 Å². The number of ether oxygens (including phenoxy) is 1. The van der Waals surface area contributed by atoms with Crippen LogP contribution >= 0.6 is 0 Å². The second-order valence-electron chi connectivity index (χ2n) is 7.57. The molecule has 2 aromatic carbocycles. The number of nitrogens with zero attached hydrogens (tertiary/aromatic N) is 3. The number of morpholine rings is 1. The molecule has 1 aliphatic carbocycles. The van der Waals surface area contributed by atoms with Crippen LogP contribution in [0.2, 0.25) is 0 Å². The lowest BCUT2D eigenvalue weighted by Gasteiger charge is -2.28. The summed E-state index contributed by atoms with van der Waals surface area (Å²) >= 11 is 0. The van der Waals surface area contributed by atoms with Gasteiger partial charge in [0.2, 0.25) is 15.8 Å². The van der Waals surface area contributed by atoms with E-state index in [9.17, 15) is 8.42 Å². The molecule has 0 bridgehead atoms. The minimum Gasteiger partial charge on any atom is -0.378 e. The van der Waals surface area contributed by atoms with Crippen LogP contribution in [-0.4, -0.2) is 44.7 Å². The maximum absolute atomic E-state index is 13.7. The van der Waals surface area contributed by atoms with Gasteiger partial charge in [-0.25, -0.2) is 18.4 Å². The van der Waals surface area contributed by atoms with Crippen molar-refractivity contribution in [2.45, 2.75) is 35.6 Å². The van der Waals surface area contributed by atoms with Crippen molar-refractivity contribution in [3.8, 4) is 0 Å². The number of anilines is 1. The molecule has 29 heavy (non-hydrogen) atoms. The van der Waals surface area contributed by atoms with E-state index in [2.05, 4.69) is 4.98 Å². The molecule has 6 nitrogen and oxygen atoms in total. The lowest BCUT2D eigenvalue weighted by molar-refractivity contribution is 0.122. The molecule has 3 aromatic rings. The first kappa shape index (κ1) is 18.5. The highest BCUT2D eigenvalue weighted by Crippen LogP contribution is 2.32. The molecule has 0 saturated carbocycles. The summed E-state index contributed by atoms with van der Waals surface area (Å²) in [6.45, 7) is 2.56. The molecular weight excluding hydrogens is 386 g/mol. The molecule has 5 rings (SSSR count). The van der Waals surface area contributed by atoms with Gasteiger partial charge in [-0.05, 0) is 48.6 Å². The van der Waals surface area contributed by atoms with Crippen molar-refractivity contribution in [1.82, 2.24) is 9.97 Å². The van der Waals surface area contributed by atoms with E-state index in [1.54, 1.807) is 12.1 Å². The molecule has 0 atom stereocenters. The molecule has 0 unspecified atom stereocenters. The topological polar surface area (TPSA) is 72.4 Å². The van der Waals surface area contributed by atoms with Crippen molar-refractivity contribution >= 4 is 26.6 Å². The van der Waals surface area contributed by atoms with E-state index in [0.717, 1.165) is 41.3 Å². The van der Waals surface area contributed by atoms with Crippen LogP contribution in [0, 0.1) is 0 Å². The normalized spacial score (nSPS) is 17.3. The fourth-order valence-electron chi connectivity index (χ4n) is 4.12. The van der Waals surface area contributed by atoms with E-state index < -0.39 is 9.84 Å². The standard InChI is InChI=1S/C22H23N3O3S/c26-29(27,18-10-9-16-5-1-2-6-17(16)15-18)21-19-7-3-4-8-20(19)23-22(24-21)25-11-13-28-14-12-25/h1-2,5-6,9-10,15H,3-4,7-8,11-14H2. The van der Waals surface area contributed by atoms with Gasteiger partial charge in [-0.1, -0.05) is 30.3 Å². The molecule has 150 valence electrons. The van der Waals surface area contributed by atoms with Crippen molar-refractivity contribution < 1.29 is 13.2 Å². The van der Waals surface area contributed by atoms with Crippen LogP contribution in [0.4, 0.5) is 5.95 Å². The average Bonchev–Trinajstić information content (AvgIpc) is 2.78. The summed E-state index contributed by atoms with van der Waals surface area (Å²) in [5.41, 5.74) is 1.67. The second kappa shape index (κ2) is 7.39. The van der Waals surface area contributed by atoms with Crippen molar-refractivity contribution in [3.05, 3.63) is 53.7 Å². The first-order chi connectivity index (χ1) is 14.1. The largest absolute Gasteiger partial charge is 0.378 e. The molecule has 1 fully saturated rings. The summed E-state index contributed by atoms with van der Waals surface area (Å²) in [7, 11) is -3.74. The van der Waals surface area contributed by atoms with Gasteiger partial charge in [0.1, 0.15) is 0 Å². The van der Waals surface area contributed by atoms with Gasteiger partial charge < -0.3 is 9.64 Å². The van der Waals surface area contributed by atoms with Crippen molar-refractivity contribution in [2.75, 3.05) is 31.2 Å². The molecule has 0 spiro atoms. The molecular formula is C22H23N3O3S. The molecule has 0 amide bonds. The van der Waals surface area contributed by atoms with Crippen LogP contribution in [0.1, 0.15) is 24.1 Å². The SMILES string of the molecule is O=S(=O)(c1ccc2ccccc2c1)c1nc(N2CCOCC2)nc2c1CCCC2. The highest BCUT2D eigenvalue weighted by Gasteiger charge is 2.29. The lowest BCUT2D eigenvalue weighted by Crippen LogP contribution is -2.38. The van der Waals surface area contributed by atoms with E-state index in [4.69, 9.17) is 9.72 Å². The van der Waals surface area contributed by atoms with Crippen molar-refractivity contribution in [1.29, 1.82) is 0 Å². The van der Waals surface area contributed by atoms with Crippen LogP contribution in [0.3, 0.4) is 0 Å². The quantitative estimate of drug-likeness (QED) is 0.619. The lowest BCUT2D eigenvalue weighted by atomic mass is 9.97. The fraction of sp³-hybridized carbons (Fsp3) is 0.364. The van der Waals surface area contributed by atoms with Gasteiger partial charge in [-0.15, -0.1) is 0 Å². The number of sulfone groups is 1. The Balaban J connectivity index is 1.66. The summed E-state index contributed by atoms with van der Waals surface area (Å²) < 4.78 is 32.7. The van der Waals surface area contributed by atoms with E-state index in [1.165, 1.54) is 0 Å². The number of fused-ring (bicyclic) bond motifs is 2. The van der Waals surface area contributed by atoms with Crippen molar-refractivity contribution in [3.63, 3.8) is 0 Å². The monoisotopic (exact) mass is 409 g/mol. The Labute approximate surface area is 170 Å². The summed E-state index contributed by atoms with van der Waals surface area (Å²) in [6, 6.07) is 13.1. The number of aryl methyl sites for hydroxylation is 1. The summed E-state index contributed by atoms with van der Waals surface area (Å²) in [6.07, 6.45) is 3.51. The molecule has 0 N–H and O–H groups in total. The first-order valence-electron chi connectivity index (χ1n) is 10.1. The first-order valence-corrected chi connectivity index (χ1v) is 11.6. The van der Waals surface area contributed by atoms with Gasteiger partial charge in [0.25, 0.3) is 0 Å².